The number of aromatic nitrogens is 1. The van der Waals surface area contributed by atoms with E-state index in [1.54, 1.807) is 30.3 Å². The number of benzene rings is 2. The highest BCUT2D eigenvalue weighted by molar-refractivity contribution is 8.01. The van der Waals surface area contributed by atoms with Crippen LogP contribution in [0.1, 0.15) is 27.7 Å². The lowest BCUT2D eigenvalue weighted by atomic mass is 10.1. The van der Waals surface area contributed by atoms with Gasteiger partial charge in [0.05, 0.1) is 15.4 Å². The minimum Gasteiger partial charge on any atom is -0.444 e. The SMILES string of the molecule is Cc1csc(Sc2ccc(C(=O)OC(C(N)=O)c3ccccc3)cc2[N+](=O)[O-])n1. The van der Waals surface area contributed by atoms with Crippen molar-refractivity contribution in [3.05, 3.63) is 80.8 Å². The monoisotopic (exact) mass is 429 g/mol. The number of esters is 1. The molecule has 1 aromatic heterocycles. The molecule has 0 aliphatic carbocycles. The molecule has 2 aromatic carbocycles. The van der Waals surface area contributed by atoms with Gasteiger partial charge in [-0.1, -0.05) is 42.1 Å². The van der Waals surface area contributed by atoms with Crippen molar-refractivity contribution in [1.82, 2.24) is 4.98 Å². The maximum Gasteiger partial charge on any atom is 0.339 e. The van der Waals surface area contributed by atoms with E-state index in [0.717, 1.165) is 23.5 Å². The number of amides is 1. The Balaban J connectivity index is 1.86. The van der Waals surface area contributed by atoms with E-state index < -0.39 is 22.9 Å². The number of nitro groups is 1. The van der Waals surface area contributed by atoms with Crippen molar-refractivity contribution < 1.29 is 19.2 Å². The molecule has 0 aliphatic rings. The van der Waals surface area contributed by atoms with Gasteiger partial charge < -0.3 is 10.5 Å². The highest BCUT2D eigenvalue weighted by Gasteiger charge is 2.25. The Hall–Kier alpha value is -3.24. The van der Waals surface area contributed by atoms with Gasteiger partial charge in [-0.3, -0.25) is 14.9 Å². The predicted molar refractivity (Wildman–Crippen MR) is 108 cm³/mol. The second kappa shape index (κ2) is 8.84. The number of thiazole rings is 1. The van der Waals surface area contributed by atoms with Gasteiger partial charge in [0, 0.05) is 22.7 Å². The summed E-state index contributed by atoms with van der Waals surface area (Å²) in [6.07, 6.45) is -1.30. The third kappa shape index (κ3) is 4.98. The summed E-state index contributed by atoms with van der Waals surface area (Å²) in [5, 5.41) is 13.3. The van der Waals surface area contributed by atoms with E-state index in [9.17, 15) is 19.7 Å². The summed E-state index contributed by atoms with van der Waals surface area (Å²) < 4.78 is 5.88. The van der Waals surface area contributed by atoms with Gasteiger partial charge >= 0.3 is 5.97 Å². The normalized spacial score (nSPS) is 11.6. The minimum absolute atomic E-state index is 0.0569. The number of primary amides is 1. The van der Waals surface area contributed by atoms with Gasteiger partial charge in [-0.25, -0.2) is 9.78 Å². The molecule has 0 saturated carbocycles. The molecule has 0 fully saturated rings. The summed E-state index contributed by atoms with van der Waals surface area (Å²) in [4.78, 5) is 39.8. The largest absolute Gasteiger partial charge is 0.444 e. The molecule has 3 aromatic rings. The lowest BCUT2D eigenvalue weighted by Crippen LogP contribution is -2.26. The van der Waals surface area contributed by atoms with Crippen LogP contribution in [0.2, 0.25) is 0 Å². The highest BCUT2D eigenvalue weighted by Crippen LogP contribution is 2.37. The van der Waals surface area contributed by atoms with Gasteiger partial charge in [-0.05, 0) is 19.1 Å². The maximum absolute atomic E-state index is 12.5. The first kappa shape index (κ1) is 20.5. The Kier molecular flexibility index (Phi) is 6.25. The van der Waals surface area contributed by atoms with Crippen molar-refractivity contribution in [1.29, 1.82) is 0 Å². The molecule has 1 amide bonds. The second-order valence-corrected chi connectivity index (χ2v) is 8.04. The van der Waals surface area contributed by atoms with Crippen LogP contribution in [0.25, 0.3) is 0 Å². The van der Waals surface area contributed by atoms with Crippen molar-refractivity contribution in [3.63, 3.8) is 0 Å². The van der Waals surface area contributed by atoms with Crippen LogP contribution in [0, 0.1) is 17.0 Å². The molecule has 1 atom stereocenters. The summed E-state index contributed by atoms with van der Waals surface area (Å²) in [7, 11) is 0. The molecule has 0 spiro atoms. The van der Waals surface area contributed by atoms with Crippen LogP contribution in [0.4, 0.5) is 5.69 Å². The van der Waals surface area contributed by atoms with E-state index >= 15 is 0 Å². The molecule has 148 valence electrons. The smallest absolute Gasteiger partial charge is 0.339 e. The number of nitrogens with zero attached hydrogens (tertiary/aromatic N) is 2. The number of hydrogen-bond donors (Lipinski definition) is 1. The minimum atomic E-state index is -1.30. The molecule has 0 bridgehead atoms. The number of nitrogens with two attached hydrogens (primary N) is 1. The van der Waals surface area contributed by atoms with E-state index in [4.69, 9.17) is 10.5 Å². The van der Waals surface area contributed by atoms with Gasteiger partial charge in [0.25, 0.3) is 11.6 Å². The number of hydrogen-bond acceptors (Lipinski definition) is 8. The van der Waals surface area contributed by atoms with Crippen molar-refractivity contribution in [2.24, 2.45) is 5.73 Å². The van der Waals surface area contributed by atoms with Gasteiger partial charge in [-0.15, -0.1) is 11.3 Å². The third-order valence-electron chi connectivity index (χ3n) is 3.77. The average molecular weight is 429 g/mol. The lowest BCUT2D eigenvalue weighted by molar-refractivity contribution is -0.387. The topological polar surface area (TPSA) is 125 Å². The van der Waals surface area contributed by atoms with E-state index in [-0.39, 0.29) is 11.3 Å². The van der Waals surface area contributed by atoms with Crippen LogP contribution in [0.5, 0.6) is 0 Å². The summed E-state index contributed by atoms with van der Waals surface area (Å²) in [6, 6.07) is 12.3. The Morgan fingerprint density at radius 3 is 2.55 bits per heavy atom. The first-order valence-electron chi connectivity index (χ1n) is 8.29. The summed E-state index contributed by atoms with van der Waals surface area (Å²) in [6.45, 7) is 1.83. The lowest BCUT2D eigenvalue weighted by Gasteiger charge is -2.15. The van der Waals surface area contributed by atoms with Crippen LogP contribution in [0.3, 0.4) is 0 Å². The zero-order valence-electron chi connectivity index (χ0n) is 15.1. The molecular weight excluding hydrogens is 414 g/mol. The van der Waals surface area contributed by atoms with Crippen molar-refractivity contribution >= 4 is 40.7 Å². The highest BCUT2D eigenvalue weighted by atomic mass is 32.2. The van der Waals surface area contributed by atoms with Crippen LogP contribution >= 0.6 is 23.1 Å². The fourth-order valence-corrected chi connectivity index (χ4v) is 4.32. The van der Waals surface area contributed by atoms with Crippen LogP contribution in [-0.2, 0) is 9.53 Å². The zero-order chi connectivity index (χ0) is 21.0. The predicted octanol–water partition coefficient (Wildman–Crippen LogP) is 3.89. The van der Waals surface area contributed by atoms with Gasteiger partial charge in [0.15, 0.2) is 4.34 Å². The Bertz CT molecular complexity index is 1070. The first-order valence-corrected chi connectivity index (χ1v) is 9.98. The standard InChI is InChI=1S/C19H15N3O5S2/c1-11-10-28-19(21-11)29-15-8-7-13(9-14(15)22(25)26)18(24)27-16(17(20)23)12-5-3-2-4-6-12/h2-10,16H,1H3,(H2,20,23). The molecule has 10 heteroatoms. The molecule has 1 heterocycles. The molecule has 0 radical (unpaired) electrons. The number of aryl methyl sites for hydroxylation is 1. The van der Waals surface area contributed by atoms with Gasteiger partial charge in [0.1, 0.15) is 0 Å². The van der Waals surface area contributed by atoms with E-state index in [0.29, 0.717) is 14.8 Å². The van der Waals surface area contributed by atoms with Crippen LogP contribution < -0.4 is 5.73 Å². The second-order valence-electron chi connectivity index (χ2n) is 5.89. The van der Waals surface area contributed by atoms with Crippen molar-refractivity contribution in [2.45, 2.75) is 22.3 Å². The molecule has 0 aliphatic heterocycles. The number of nitro benzene ring substituents is 1. The molecular formula is C19H15N3O5S2. The Labute approximate surface area is 173 Å². The fraction of sp³-hybridized carbons (Fsp3) is 0.105. The molecule has 8 nitrogen and oxygen atoms in total. The van der Waals surface area contributed by atoms with E-state index in [2.05, 4.69) is 4.98 Å². The number of carbonyl (C=O) groups excluding carboxylic acids is 2. The van der Waals surface area contributed by atoms with Crippen LogP contribution in [-0.4, -0.2) is 21.8 Å². The van der Waals surface area contributed by atoms with Crippen molar-refractivity contribution in [3.8, 4) is 0 Å². The first-order chi connectivity index (χ1) is 13.8. The average Bonchev–Trinajstić information content (AvgIpc) is 3.11. The number of ether oxygens (including phenoxy) is 1. The molecule has 0 saturated heterocycles. The third-order valence-corrected chi connectivity index (χ3v) is 5.89. The quantitative estimate of drug-likeness (QED) is 0.343. The number of carbonyl (C=O) groups is 2. The number of rotatable bonds is 7. The maximum atomic E-state index is 12.5. The van der Waals surface area contributed by atoms with E-state index in [1.165, 1.54) is 23.5 Å². The van der Waals surface area contributed by atoms with Gasteiger partial charge in [0.2, 0.25) is 6.10 Å². The Morgan fingerprint density at radius 2 is 1.97 bits per heavy atom. The molecule has 29 heavy (non-hydrogen) atoms. The Morgan fingerprint density at radius 1 is 1.24 bits per heavy atom. The molecule has 1 unspecified atom stereocenters. The van der Waals surface area contributed by atoms with Crippen molar-refractivity contribution in [2.75, 3.05) is 0 Å². The van der Waals surface area contributed by atoms with Crippen LogP contribution in [0.15, 0.2) is 63.1 Å². The molecule has 3 rings (SSSR count). The summed E-state index contributed by atoms with van der Waals surface area (Å²) in [5.74, 6) is -1.73. The fourth-order valence-electron chi connectivity index (χ4n) is 2.44. The van der Waals surface area contributed by atoms with E-state index in [1.807, 2.05) is 12.3 Å². The molecule has 2 N–H and O–H groups in total. The zero-order valence-corrected chi connectivity index (χ0v) is 16.7. The summed E-state index contributed by atoms with van der Waals surface area (Å²) >= 11 is 2.51. The summed E-state index contributed by atoms with van der Waals surface area (Å²) in [5.41, 5.74) is 6.27. The van der Waals surface area contributed by atoms with Gasteiger partial charge in [-0.2, -0.15) is 0 Å².